The molecule has 5 nitrogen and oxygen atoms in total. The molecule has 2 aromatic rings. The van der Waals surface area contributed by atoms with Crippen molar-refractivity contribution in [3.63, 3.8) is 0 Å². The average molecular weight is 342 g/mol. The van der Waals surface area contributed by atoms with E-state index in [4.69, 9.17) is 16.3 Å². The van der Waals surface area contributed by atoms with Crippen LogP contribution in [0, 0.1) is 0 Å². The van der Waals surface area contributed by atoms with E-state index in [1.165, 1.54) is 11.3 Å². The Morgan fingerprint density at radius 3 is 2.36 bits per heavy atom. The zero-order chi connectivity index (χ0) is 16.7. The lowest BCUT2D eigenvalue weighted by Gasteiger charge is -2.34. The van der Waals surface area contributed by atoms with Gasteiger partial charge >= 0.3 is 6.09 Å². The Kier molecular flexibility index (Phi) is 4.37. The molecule has 0 unspecified atom stereocenters. The highest BCUT2D eigenvalue weighted by Gasteiger charge is 2.34. The van der Waals surface area contributed by atoms with E-state index in [0.29, 0.717) is 20.6 Å². The van der Waals surface area contributed by atoms with Crippen LogP contribution in [-0.2, 0) is 4.74 Å². The van der Waals surface area contributed by atoms with Crippen LogP contribution in [0.1, 0.15) is 41.5 Å². The number of aromatic nitrogens is 2. The van der Waals surface area contributed by atoms with Gasteiger partial charge in [0.25, 0.3) is 0 Å². The number of ether oxygens (including phenoxy) is 1. The molecule has 0 fully saturated rings. The monoisotopic (exact) mass is 341 g/mol. The molecule has 7 heteroatoms. The number of hydrogen-bond donors (Lipinski definition) is 0. The van der Waals surface area contributed by atoms with E-state index in [1.807, 2.05) is 41.5 Å². The van der Waals surface area contributed by atoms with Crippen molar-refractivity contribution >= 4 is 44.5 Å². The van der Waals surface area contributed by atoms with Crippen LogP contribution >= 0.6 is 22.9 Å². The number of anilines is 1. The molecule has 0 radical (unpaired) electrons. The van der Waals surface area contributed by atoms with Gasteiger partial charge in [-0.1, -0.05) is 22.9 Å². The van der Waals surface area contributed by atoms with Crippen molar-refractivity contribution in [3.8, 4) is 0 Å². The van der Waals surface area contributed by atoms with Gasteiger partial charge in [0.1, 0.15) is 21.1 Å². The minimum Gasteiger partial charge on any atom is -0.443 e. The highest BCUT2D eigenvalue weighted by Crippen LogP contribution is 2.33. The molecule has 0 spiro atoms. The summed E-state index contributed by atoms with van der Waals surface area (Å²) < 4.78 is 5.51. The lowest BCUT2D eigenvalue weighted by molar-refractivity contribution is 0.0550. The molecule has 0 aliphatic heterocycles. The predicted molar refractivity (Wildman–Crippen MR) is 90.9 cm³/mol. The van der Waals surface area contributed by atoms with Gasteiger partial charge in [0.15, 0.2) is 5.13 Å². The minimum absolute atomic E-state index is 0.405. The van der Waals surface area contributed by atoms with Crippen molar-refractivity contribution in [1.29, 1.82) is 0 Å². The normalized spacial score (nSPS) is 12.5. The van der Waals surface area contributed by atoms with Crippen LogP contribution in [0.4, 0.5) is 9.93 Å². The standard InChI is InChI=1S/C15H20ClN3O2S/c1-14(2,3)19(13(20)21-15(4,5)6)12-17-9-7-8-10(16)18-11(9)22-12/h7-8H,1-6H3. The molecule has 2 heterocycles. The van der Waals surface area contributed by atoms with Gasteiger partial charge < -0.3 is 4.74 Å². The first-order chi connectivity index (χ1) is 9.97. The van der Waals surface area contributed by atoms with E-state index in [1.54, 1.807) is 17.0 Å². The van der Waals surface area contributed by atoms with E-state index in [9.17, 15) is 4.79 Å². The fourth-order valence-electron chi connectivity index (χ4n) is 1.83. The van der Waals surface area contributed by atoms with Gasteiger partial charge in [-0.05, 0) is 53.7 Å². The Balaban J connectivity index is 2.46. The zero-order valence-corrected chi connectivity index (χ0v) is 15.2. The first-order valence-corrected chi connectivity index (χ1v) is 8.13. The number of halogens is 1. The Labute approximate surface area is 139 Å². The molecular formula is C15H20ClN3O2S. The summed E-state index contributed by atoms with van der Waals surface area (Å²) in [5, 5.41) is 0.953. The second-order valence-electron chi connectivity index (χ2n) is 6.94. The highest BCUT2D eigenvalue weighted by molar-refractivity contribution is 7.22. The van der Waals surface area contributed by atoms with Crippen LogP contribution in [0.3, 0.4) is 0 Å². The summed E-state index contributed by atoms with van der Waals surface area (Å²) in [5.41, 5.74) is -0.332. The molecule has 2 aromatic heterocycles. The molecule has 1 amide bonds. The molecule has 0 N–H and O–H groups in total. The first-order valence-electron chi connectivity index (χ1n) is 6.94. The van der Waals surface area contributed by atoms with Crippen LogP contribution < -0.4 is 4.90 Å². The maximum atomic E-state index is 12.6. The van der Waals surface area contributed by atoms with Crippen LogP contribution in [0.5, 0.6) is 0 Å². The molecule has 22 heavy (non-hydrogen) atoms. The van der Waals surface area contributed by atoms with E-state index in [2.05, 4.69) is 9.97 Å². The molecule has 0 bridgehead atoms. The Bertz CT molecular complexity index is 701. The van der Waals surface area contributed by atoms with Crippen LogP contribution in [0.25, 0.3) is 10.3 Å². The molecule has 120 valence electrons. The summed E-state index contributed by atoms with van der Waals surface area (Å²) in [7, 11) is 0. The second-order valence-corrected chi connectivity index (χ2v) is 8.28. The Morgan fingerprint density at radius 2 is 1.82 bits per heavy atom. The third-order valence-corrected chi connectivity index (χ3v) is 3.81. The molecule has 0 aliphatic carbocycles. The average Bonchev–Trinajstić information content (AvgIpc) is 2.66. The summed E-state index contributed by atoms with van der Waals surface area (Å²) in [6, 6.07) is 3.48. The van der Waals surface area contributed by atoms with Crippen LogP contribution in [-0.4, -0.2) is 27.2 Å². The lowest BCUT2D eigenvalue weighted by Crippen LogP contribution is -2.48. The van der Waals surface area contributed by atoms with Gasteiger partial charge in [-0.2, -0.15) is 0 Å². The molecule has 0 aromatic carbocycles. The van der Waals surface area contributed by atoms with Gasteiger partial charge in [-0.15, -0.1) is 0 Å². The fourth-order valence-corrected chi connectivity index (χ4v) is 3.14. The maximum Gasteiger partial charge on any atom is 0.417 e. The number of fused-ring (bicyclic) bond motifs is 1. The van der Waals surface area contributed by atoms with Gasteiger partial charge in [0.05, 0.1) is 0 Å². The topological polar surface area (TPSA) is 55.3 Å². The van der Waals surface area contributed by atoms with Crippen LogP contribution in [0.2, 0.25) is 5.15 Å². The summed E-state index contributed by atoms with van der Waals surface area (Å²) in [6.07, 6.45) is -0.426. The van der Waals surface area contributed by atoms with E-state index < -0.39 is 17.2 Å². The number of nitrogens with zero attached hydrogens (tertiary/aromatic N) is 3. The van der Waals surface area contributed by atoms with Gasteiger partial charge in [0, 0.05) is 5.54 Å². The number of rotatable bonds is 1. The summed E-state index contributed by atoms with van der Waals surface area (Å²) in [5.74, 6) is 0. The van der Waals surface area contributed by atoms with E-state index in [-0.39, 0.29) is 0 Å². The van der Waals surface area contributed by atoms with Crippen molar-refractivity contribution in [3.05, 3.63) is 17.3 Å². The number of hydrogen-bond acceptors (Lipinski definition) is 5. The van der Waals surface area contributed by atoms with Gasteiger partial charge in [-0.25, -0.2) is 19.7 Å². The van der Waals surface area contributed by atoms with E-state index >= 15 is 0 Å². The molecule has 2 rings (SSSR count). The number of carbonyl (C=O) groups excluding carboxylic acids is 1. The second kappa shape index (κ2) is 5.66. The smallest absolute Gasteiger partial charge is 0.417 e. The summed E-state index contributed by atoms with van der Waals surface area (Å²) in [4.78, 5) is 23.6. The lowest BCUT2D eigenvalue weighted by atomic mass is 10.1. The van der Waals surface area contributed by atoms with Crippen LogP contribution in [0.15, 0.2) is 12.1 Å². The number of thiazole rings is 1. The molecule has 0 saturated heterocycles. The van der Waals surface area contributed by atoms with Crippen molar-refractivity contribution in [2.24, 2.45) is 0 Å². The number of pyridine rings is 1. The third kappa shape index (κ3) is 3.87. The predicted octanol–water partition coefficient (Wildman–Crippen LogP) is 4.88. The molecule has 0 aliphatic rings. The highest BCUT2D eigenvalue weighted by atomic mass is 35.5. The summed E-state index contributed by atoms with van der Waals surface area (Å²) in [6.45, 7) is 11.3. The largest absolute Gasteiger partial charge is 0.443 e. The fraction of sp³-hybridized carbons (Fsp3) is 0.533. The number of amides is 1. The van der Waals surface area contributed by atoms with E-state index in [0.717, 1.165) is 0 Å². The Hall–Kier alpha value is -1.40. The van der Waals surface area contributed by atoms with Crippen molar-refractivity contribution < 1.29 is 9.53 Å². The minimum atomic E-state index is -0.571. The quantitative estimate of drug-likeness (QED) is 0.693. The van der Waals surface area contributed by atoms with Crippen molar-refractivity contribution in [2.45, 2.75) is 52.7 Å². The molecule has 0 saturated carbocycles. The SMILES string of the molecule is CC(C)(C)OC(=O)N(c1nc2ccc(Cl)nc2s1)C(C)(C)C. The Morgan fingerprint density at radius 1 is 1.18 bits per heavy atom. The van der Waals surface area contributed by atoms with Gasteiger partial charge in [0.2, 0.25) is 0 Å². The van der Waals surface area contributed by atoms with Crippen molar-refractivity contribution in [2.75, 3.05) is 4.90 Å². The first kappa shape index (κ1) is 17.0. The third-order valence-electron chi connectivity index (χ3n) is 2.65. The molecular weight excluding hydrogens is 322 g/mol. The number of carbonyl (C=O) groups is 1. The molecule has 0 atom stereocenters. The van der Waals surface area contributed by atoms with Gasteiger partial charge in [-0.3, -0.25) is 0 Å². The van der Waals surface area contributed by atoms with Crippen molar-refractivity contribution in [1.82, 2.24) is 9.97 Å². The zero-order valence-electron chi connectivity index (χ0n) is 13.6. The summed E-state index contributed by atoms with van der Waals surface area (Å²) >= 11 is 7.23. The maximum absolute atomic E-state index is 12.6.